The number of nitrogens with one attached hydrogen (secondary N) is 1. The number of rotatable bonds is 9. The van der Waals surface area contributed by atoms with Gasteiger partial charge < -0.3 is 5.32 Å². The van der Waals surface area contributed by atoms with E-state index in [1.807, 2.05) is 13.8 Å². The average Bonchev–Trinajstić information content (AvgIpc) is 2.90. The van der Waals surface area contributed by atoms with Gasteiger partial charge in [-0.15, -0.1) is 11.3 Å². The predicted octanol–water partition coefficient (Wildman–Crippen LogP) is 3.06. The van der Waals surface area contributed by atoms with Gasteiger partial charge in [-0.05, 0) is 31.9 Å². The quantitative estimate of drug-likeness (QED) is 0.712. The molecule has 0 radical (unpaired) electrons. The van der Waals surface area contributed by atoms with E-state index in [9.17, 15) is 8.42 Å². The first-order valence-corrected chi connectivity index (χ1v) is 9.55. The fourth-order valence-electron chi connectivity index (χ4n) is 2.14. The lowest BCUT2D eigenvalue weighted by Crippen LogP contribution is -2.36. The van der Waals surface area contributed by atoms with E-state index in [-0.39, 0.29) is 6.04 Å². The molecule has 1 N–H and O–H groups in total. The molecule has 0 saturated heterocycles. The van der Waals surface area contributed by atoms with Crippen molar-refractivity contribution in [2.45, 2.75) is 57.5 Å². The first-order valence-electron chi connectivity index (χ1n) is 7.23. The van der Waals surface area contributed by atoms with Crippen molar-refractivity contribution in [3.8, 4) is 0 Å². The molecule has 0 bridgehead atoms. The fourth-order valence-corrected chi connectivity index (χ4v) is 4.88. The highest BCUT2D eigenvalue weighted by Crippen LogP contribution is 2.24. The number of hydrogen-bond acceptors (Lipinski definition) is 4. The molecule has 0 unspecified atom stereocenters. The Bertz CT molecular complexity index is 493. The summed E-state index contributed by atoms with van der Waals surface area (Å²) in [7, 11) is -1.68. The Kier molecular flexibility index (Phi) is 7.15. The molecule has 1 rings (SSSR count). The summed E-state index contributed by atoms with van der Waals surface area (Å²) in [6.07, 6.45) is 2.75. The second-order valence-corrected chi connectivity index (χ2v) is 7.91. The van der Waals surface area contributed by atoms with Crippen LogP contribution in [-0.2, 0) is 16.6 Å². The molecule has 1 aromatic rings. The van der Waals surface area contributed by atoms with Gasteiger partial charge in [0.15, 0.2) is 0 Å². The Labute approximate surface area is 127 Å². The van der Waals surface area contributed by atoms with Gasteiger partial charge in [0.1, 0.15) is 0 Å². The highest BCUT2D eigenvalue weighted by molar-refractivity contribution is 7.89. The van der Waals surface area contributed by atoms with Gasteiger partial charge in [0, 0.05) is 29.9 Å². The number of nitrogens with zero attached hydrogens (tertiary/aromatic N) is 1. The van der Waals surface area contributed by atoms with Gasteiger partial charge in [-0.1, -0.05) is 20.8 Å². The maximum absolute atomic E-state index is 12.5. The van der Waals surface area contributed by atoms with E-state index in [1.54, 1.807) is 18.5 Å². The molecular weight excluding hydrogens is 292 g/mol. The molecule has 0 amide bonds. The first-order chi connectivity index (χ1) is 9.47. The Balaban J connectivity index is 2.82. The first kappa shape index (κ1) is 17.6. The molecule has 0 aromatic carbocycles. The molecule has 0 aliphatic rings. The van der Waals surface area contributed by atoms with Crippen LogP contribution in [0.4, 0.5) is 0 Å². The molecule has 4 nitrogen and oxygen atoms in total. The fraction of sp³-hybridized carbons (Fsp3) is 0.714. The summed E-state index contributed by atoms with van der Waals surface area (Å²) in [5, 5.41) is 5.04. The molecule has 6 heteroatoms. The zero-order chi connectivity index (χ0) is 15.2. The van der Waals surface area contributed by atoms with Crippen molar-refractivity contribution < 1.29 is 8.42 Å². The minimum Gasteiger partial charge on any atom is -0.312 e. The van der Waals surface area contributed by atoms with Gasteiger partial charge in [-0.2, -0.15) is 4.31 Å². The van der Waals surface area contributed by atoms with Crippen LogP contribution in [0.15, 0.2) is 16.3 Å². The third-order valence-corrected chi connectivity index (χ3v) is 6.46. The van der Waals surface area contributed by atoms with Crippen LogP contribution >= 0.6 is 11.3 Å². The summed E-state index contributed by atoms with van der Waals surface area (Å²) >= 11 is 1.50. The van der Waals surface area contributed by atoms with E-state index in [0.717, 1.165) is 37.2 Å². The Hall–Kier alpha value is -0.430. The second-order valence-electron chi connectivity index (χ2n) is 4.92. The van der Waals surface area contributed by atoms with Gasteiger partial charge in [-0.25, -0.2) is 8.42 Å². The molecule has 1 aromatic heterocycles. The van der Waals surface area contributed by atoms with Gasteiger partial charge in [-0.3, -0.25) is 0 Å². The number of thiophene rings is 1. The number of sulfonamides is 1. The van der Waals surface area contributed by atoms with E-state index >= 15 is 0 Å². The van der Waals surface area contributed by atoms with Crippen LogP contribution in [0, 0.1) is 0 Å². The minimum atomic E-state index is -3.36. The Morgan fingerprint density at radius 1 is 1.30 bits per heavy atom. The van der Waals surface area contributed by atoms with Crippen LogP contribution in [0.5, 0.6) is 0 Å². The second kappa shape index (κ2) is 8.12. The maximum atomic E-state index is 12.5. The summed E-state index contributed by atoms with van der Waals surface area (Å²) < 4.78 is 26.6. The largest absolute Gasteiger partial charge is 0.312 e. The van der Waals surface area contributed by atoms with Crippen LogP contribution in [0.2, 0.25) is 0 Å². The summed E-state index contributed by atoms with van der Waals surface area (Å²) in [5.41, 5.74) is 0. The van der Waals surface area contributed by atoms with Crippen LogP contribution in [0.1, 0.15) is 44.9 Å². The SMILES string of the molecule is CCCNCc1cc(S(=O)(=O)N(C)C(CC)CC)cs1. The van der Waals surface area contributed by atoms with Crippen molar-refractivity contribution in [3.05, 3.63) is 16.3 Å². The van der Waals surface area contributed by atoms with Gasteiger partial charge >= 0.3 is 0 Å². The van der Waals surface area contributed by atoms with Gasteiger partial charge in [0.05, 0.1) is 4.90 Å². The number of hydrogen-bond donors (Lipinski definition) is 1. The molecule has 1 heterocycles. The highest BCUT2D eigenvalue weighted by atomic mass is 32.2. The zero-order valence-corrected chi connectivity index (χ0v) is 14.5. The third kappa shape index (κ3) is 4.28. The molecular formula is C14H26N2O2S2. The van der Waals surface area contributed by atoms with E-state index in [4.69, 9.17) is 0 Å². The van der Waals surface area contributed by atoms with Crippen molar-refractivity contribution >= 4 is 21.4 Å². The smallest absolute Gasteiger partial charge is 0.243 e. The van der Waals surface area contributed by atoms with Crippen LogP contribution in [-0.4, -0.2) is 32.4 Å². The molecule has 0 atom stereocenters. The summed E-state index contributed by atoms with van der Waals surface area (Å²) in [5.74, 6) is 0. The van der Waals surface area contributed by atoms with Crippen molar-refractivity contribution in [2.75, 3.05) is 13.6 Å². The minimum absolute atomic E-state index is 0.0709. The highest BCUT2D eigenvalue weighted by Gasteiger charge is 2.26. The monoisotopic (exact) mass is 318 g/mol. The Morgan fingerprint density at radius 2 is 1.95 bits per heavy atom. The lowest BCUT2D eigenvalue weighted by atomic mass is 10.2. The average molecular weight is 319 g/mol. The van der Waals surface area contributed by atoms with Crippen molar-refractivity contribution in [1.82, 2.24) is 9.62 Å². The summed E-state index contributed by atoms with van der Waals surface area (Å²) in [6, 6.07) is 1.86. The summed E-state index contributed by atoms with van der Waals surface area (Å²) in [6.45, 7) is 7.85. The molecule has 0 fully saturated rings. The normalized spacial score (nSPS) is 12.5. The van der Waals surface area contributed by atoms with E-state index in [2.05, 4.69) is 12.2 Å². The molecule has 0 aliphatic carbocycles. The molecule has 0 aliphatic heterocycles. The van der Waals surface area contributed by atoms with Crippen LogP contribution in [0.3, 0.4) is 0 Å². The summed E-state index contributed by atoms with van der Waals surface area (Å²) in [4.78, 5) is 1.49. The van der Waals surface area contributed by atoms with Crippen LogP contribution < -0.4 is 5.32 Å². The molecule has 20 heavy (non-hydrogen) atoms. The van der Waals surface area contributed by atoms with Gasteiger partial charge in [0.2, 0.25) is 10.0 Å². The predicted molar refractivity (Wildman–Crippen MR) is 85.6 cm³/mol. The standard InChI is InChI=1S/C14H26N2O2S2/c1-5-8-15-10-13-9-14(11-19-13)20(17,18)16(4)12(6-2)7-3/h9,11-12,15H,5-8,10H2,1-4H3. The van der Waals surface area contributed by atoms with E-state index in [0.29, 0.717) is 4.90 Å². The molecule has 116 valence electrons. The lowest BCUT2D eigenvalue weighted by Gasteiger charge is -2.24. The Morgan fingerprint density at radius 3 is 2.50 bits per heavy atom. The van der Waals surface area contributed by atoms with E-state index in [1.165, 1.54) is 15.6 Å². The van der Waals surface area contributed by atoms with Crippen molar-refractivity contribution in [3.63, 3.8) is 0 Å². The lowest BCUT2D eigenvalue weighted by molar-refractivity contribution is 0.350. The maximum Gasteiger partial charge on any atom is 0.243 e. The van der Waals surface area contributed by atoms with Crippen LogP contribution in [0.25, 0.3) is 0 Å². The molecule has 0 saturated carbocycles. The zero-order valence-electron chi connectivity index (χ0n) is 12.8. The van der Waals surface area contributed by atoms with Crippen molar-refractivity contribution in [1.29, 1.82) is 0 Å². The molecule has 0 spiro atoms. The topological polar surface area (TPSA) is 49.4 Å². The van der Waals surface area contributed by atoms with Gasteiger partial charge in [0.25, 0.3) is 0 Å². The van der Waals surface area contributed by atoms with E-state index < -0.39 is 10.0 Å². The van der Waals surface area contributed by atoms with Crippen molar-refractivity contribution in [2.24, 2.45) is 0 Å². The third-order valence-electron chi connectivity index (χ3n) is 3.49.